The van der Waals surface area contributed by atoms with Crippen LogP contribution in [0.15, 0.2) is 34.9 Å². The molecule has 98 valence electrons. The fourth-order valence-corrected chi connectivity index (χ4v) is 1.94. The Balaban J connectivity index is 2.44. The lowest BCUT2D eigenvalue weighted by atomic mass is 10.2. The zero-order chi connectivity index (χ0) is 14.0. The first-order valence-electron chi connectivity index (χ1n) is 5.40. The van der Waals surface area contributed by atoms with Crippen molar-refractivity contribution in [3.63, 3.8) is 0 Å². The molecule has 2 N–H and O–H groups in total. The van der Waals surface area contributed by atoms with E-state index in [1.54, 1.807) is 6.07 Å². The fourth-order valence-electron chi connectivity index (χ4n) is 1.57. The van der Waals surface area contributed by atoms with Gasteiger partial charge in [-0.25, -0.2) is 14.2 Å². The highest BCUT2D eigenvalue weighted by Gasteiger charge is 2.14. The van der Waals surface area contributed by atoms with Crippen LogP contribution in [0.3, 0.4) is 0 Å². The van der Waals surface area contributed by atoms with Crippen LogP contribution in [0.2, 0.25) is 0 Å². The van der Waals surface area contributed by atoms with Crippen molar-refractivity contribution in [2.75, 3.05) is 5.32 Å². The number of aryl methyl sites for hydroxylation is 1. The Hall–Kier alpha value is -1.95. The minimum absolute atomic E-state index is 0.0974. The Morgan fingerprint density at radius 2 is 2.21 bits per heavy atom. The van der Waals surface area contributed by atoms with Crippen LogP contribution < -0.4 is 5.32 Å². The van der Waals surface area contributed by atoms with Crippen molar-refractivity contribution in [2.45, 2.75) is 6.92 Å². The molecule has 2 aromatic rings. The van der Waals surface area contributed by atoms with Crippen LogP contribution in [0.1, 0.15) is 15.9 Å². The standard InChI is InChI=1S/C13H10BrFN2O2/c1-7-3-2-4-10(11(7)14)17-12-9(13(18)19)5-8(15)6-16-12/h2-6H,1H3,(H,16,17)(H,18,19). The number of pyridine rings is 1. The number of benzene rings is 1. The van der Waals surface area contributed by atoms with Gasteiger partial charge in [0.1, 0.15) is 17.2 Å². The van der Waals surface area contributed by atoms with Gasteiger partial charge in [0.25, 0.3) is 0 Å². The van der Waals surface area contributed by atoms with Crippen LogP contribution in [0.4, 0.5) is 15.9 Å². The third kappa shape index (κ3) is 2.90. The highest BCUT2D eigenvalue weighted by molar-refractivity contribution is 9.10. The van der Waals surface area contributed by atoms with Crippen molar-refractivity contribution in [3.05, 3.63) is 51.9 Å². The van der Waals surface area contributed by atoms with E-state index in [1.165, 1.54) is 0 Å². The molecule has 1 aromatic carbocycles. The van der Waals surface area contributed by atoms with Gasteiger partial charge in [0.2, 0.25) is 0 Å². The van der Waals surface area contributed by atoms with Gasteiger partial charge in [-0.05, 0) is 40.5 Å². The van der Waals surface area contributed by atoms with Crippen LogP contribution in [-0.4, -0.2) is 16.1 Å². The summed E-state index contributed by atoms with van der Waals surface area (Å²) in [4.78, 5) is 14.8. The summed E-state index contributed by atoms with van der Waals surface area (Å²) >= 11 is 3.40. The number of carboxylic acids is 1. The number of nitrogens with one attached hydrogen (secondary N) is 1. The number of nitrogens with zero attached hydrogens (tertiary/aromatic N) is 1. The van der Waals surface area contributed by atoms with Crippen molar-refractivity contribution in [2.24, 2.45) is 0 Å². The maximum absolute atomic E-state index is 13.0. The van der Waals surface area contributed by atoms with Crippen molar-refractivity contribution in [1.29, 1.82) is 0 Å². The van der Waals surface area contributed by atoms with Crippen molar-refractivity contribution in [3.8, 4) is 0 Å². The smallest absolute Gasteiger partial charge is 0.339 e. The maximum Gasteiger partial charge on any atom is 0.339 e. The van der Waals surface area contributed by atoms with Gasteiger partial charge in [-0.2, -0.15) is 0 Å². The highest BCUT2D eigenvalue weighted by Crippen LogP contribution is 2.29. The topological polar surface area (TPSA) is 62.2 Å². The Morgan fingerprint density at radius 3 is 2.89 bits per heavy atom. The van der Waals surface area contributed by atoms with Gasteiger partial charge in [0.05, 0.1) is 11.9 Å². The summed E-state index contributed by atoms with van der Waals surface area (Å²) in [6, 6.07) is 6.44. The fraction of sp³-hybridized carbons (Fsp3) is 0.0769. The van der Waals surface area contributed by atoms with E-state index in [1.807, 2.05) is 19.1 Å². The van der Waals surface area contributed by atoms with E-state index in [9.17, 15) is 9.18 Å². The lowest BCUT2D eigenvalue weighted by molar-refractivity contribution is 0.0697. The summed E-state index contributed by atoms with van der Waals surface area (Å²) < 4.78 is 13.8. The molecule has 0 bridgehead atoms. The summed E-state index contributed by atoms with van der Waals surface area (Å²) in [5.74, 6) is -1.83. The van der Waals surface area contributed by atoms with Crippen molar-refractivity contribution < 1.29 is 14.3 Å². The van der Waals surface area contributed by atoms with Crippen LogP contribution in [-0.2, 0) is 0 Å². The van der Waals surface area contributed by atoms with Gasteiger partial charge in [0, 0.05) is 4.47 Å². The third-order valence-corrected chi connectivity index (χ3v) is 3.58. The first-order chi connectivity index (χ1) is 8.99. The quantitative estimate of drug-likeness (QED) is 0.902. The third-order valence-electron chi connectivity index (χ3n) is 2.53. The van der Waals surface area contributed by atoms with E-state index in [2.05, 4.69) is 26.2 Å². The normalized spacial score (nSPS) is 10.3. The van der Waals surface area contributed by atoms with Crippen molar-refractivity contribution in [1.82, 2.24) is 4.98 Å². The maximum atomic E-state index is 13.0. The van der Waals surface area contributed by atoms with E-state index in [4.69, 9.17) is 5.11 Å². The number of carbonyl (C=O) groups is 1. The molecule has 0 unspecified atom stereocenters. The second-order valence-electron chi connectivity index (χ2n) is 3.92. The molecule has 0 aliphatic carbocycles. The van der Waals surface area contributed by atoms with Gasteiger partial charge in [-0.3, -0.25) is 0 Å². The molecular weight excluding hydrogens is 315 g/mol. The Morgan fingerprint density at radius 1 is 1.47 bits per heavy atom. The number of anilines is 2. The molecule has 0 saturated carbocycles. The van der Waals surface area contributed by atoms with E-state index in [-0.39, 0.29) is 11.4 Å². The first-order valence-corrected chi connectivity index (χ1v) is 6.19. The van der Waals surface area contributed by atoms with Gasteiger partial charge < -0.3 is 10.4 Å². The largest absolute Gasteiger partial charge is 0.478 e. The van der Waals surface area contributed by atoms with Crippen LogP contribution in [0.25, 0.3) is 0 Å². The number of aromatic nitrogens is 1. The molecule has 19 heavy (non-hydrogen) atoms. The molecule has 0 spiro atoms. The zero-order valence-corrected chi connectivity index (χ0v) is 11.5. The van der Waals surface area contributed by atoms with Gasteiger partial charge in [-0.15, -0.1) is 0 Å². The van der Waals surface area contributed by atoms with E-state index in [0.29, 0.717) is 5.69 Å². The molecule has 1 aromatic heterocycles. The molecule has 0 amide bonds. The average molecular weight is 325 g/mol. The van der Waals surface area contributed by atoms with Crippen LogP contribution in [0, 0.1) is 12.7 Å². The molecule has 0 fully saturated rings. The molecule has 2 rings (SSSR count). The Labute approximate surface area is 117 Å². The van der Waals surface area contributed by atoms with E-state index >= 15 is 0 Å². The number of halogens is 2. The van der Waals surface area contributed by atoms with Crippen LogP contribution in [0.5, 0.6) is 0 Å². The number of hydrogen-bond acceptors (Lipinski definition) is 3. The molecule has 1 heterocycles. The molecule has 0 aliphatic heterocycles. The first kappa shape index (κ1) is 13.5. The molecule has 0 saturated heterocycles. The lowest BCUT2D eigenvalue weighted by Crippen LogP contribution is -2.06. The average Bonchev–Trinajstić information content (AvgIpc) is 2.36. The van der Waals surface area contributed by atoms with E-state index in [0.717, 1.165) is 22.3 Å². The SMILES string of the molecule is Cc1cccc(Nc2ncc(F)cc2C(=O)O)c1Br. The number of rotatable bonds is 3. The predicted octanol–water partition coefficient (Wildman–Crippen LogP) is 3.73. The molecule has 6 heteroatoms. The number of hydrogen-bond donors (Lipinski definition) is 2. The molecular formula is C13H10BrFN2O2. The zero-order valence-electron chi connectivity index (χ0n) is 9.95. The summed E-state index contributed by atoms with van der Waals surface area (Å²) in [6.45, 7) is 1.91. The molecule has 0 atom stereocenters. The second-order valence-corrected chi connectivity index (χ2v) is 4.71. The van der Waals surface area contributed by atoms with Gasteiger partial charge in [-0.1, -0.05) is 12.1 Å². The predicted molar refractivity (Wildman–Crippen MR) is 73.3 cm³/mol. The van der Waals surface area contributed by atoms with Gasteiger partial charge in [0.15, 0.2) is 0 Å². The minimum Gasteiger partial charge on any atom is -0.478 e. The van der Waals surface area contributed by atoms with Crippen molar-refractivity contribution >= 4 is 33.4 Å². The molecule has 0 aliphatic rings. The van der Waals surface area contributed by atoms with Crippen LogP contribution >= 0.6 is 15.9 Å². The highest BCUT2D eigenvalue weighted by atomic mass is 79.9. The summed E-state index contributed by atoms with van der Waals surface area (Å²) in [6.07, 6.45) is 0.971. The number of aromatic carboxylic acids is 1. The summed E-state index contributed by atoms with van der Waals surface area (Å²) in [5, 5.41) is 11.9. The summed E-state index contributed by atoms with van der Waals surface area (Å²) in [5.41, 5.74) is 1.44. The van der Waals surface area contributed by atoms with E-state index < -0.39 is 11.8 Å². The second kappa shape index (κ2) is 5.36. The molecule has 0 radical (unpaired) electrons. The lowest BCUT2D eigenvalue weighted by Gasteiger charge is -2.11. The van der Waals surface area contributed by atoms with Gasteiger partial charge >= 0.3 is 5.97 Å². The minimum atomic E-state index is -1.24. The Kier molecular flexibility index (Phi) is 3.80. The Bertz CT molecular complexity index is 647. The molecule has 4 nitrogen and oxygen atoms in total. The number of carboxylic acid groups (broad SMARTS) is 1. The monoisotopic (exact) mass is 324 g/mol. The summed E-state index contributed by atoms with van der Waals surface area (Å²) in [7, 11) is 0.